The highest BCUT2D eigenvalue weighted by atomic mass is 16.5. The van der Waals surface area contributed by atoms with Gasteiger partial charge in [-0.2, -0.15) is 0 Å². The van der Waals surface area contributed by atoms with Gasteiger partial charge < -0.3 is 14.8 Å². The zero-order valence-corrected chi connectivity index (χ0v) is 17.6. The van der Waals surface area contributed by atoms with Gasteiger partial charge in [0.15, 0.2) is 0 Å². The minimum atomic E-state index is -0.556. The SMILES string of the molecule is O=C(/C=C/c1ccc2c(c1)nc(NCCc1ccccc1)n2CCN1CCCC1)NO. The molecule has 0 aliphatic carbocycles. The van der Waals surface area contributed by atoms with Crippen molar-refractivity contribution in [1.82, 2.24) is 19.9 Å². The number of likely N-dealkylation sites (tertiary alicyclic amines) is 1. The smallest absolute Gasteiger partial charge is 0.267 e. The number of benzene rings is 2. The topological polar surface area (TPSA) is 82.4 Å². The third-order valence-electron chi connectivity index (χ3n) is 5.69. The highest BCUT2D eigenvalue weighted by Gasteiger charge is 2.15. The van der Waals surface area contributed by atoms with Crippen molar-refractivity contribution in [2.24, 2.45) is 0 Å². The highest BCUT2D eigenvalue weighted by Crippen LogP contribution is 2.22. The Morgan fingerprint density at radius 2 is 1.90 bits per heavy atom. The van der Waals surface area contributed by atoms with Crippen LogP contribution in [0.1, 0.15) is 24.0 Å². The summed E-state index contributed by atoms with van der Waals surface area (Å²) in [6, 6.07) is 16.4. The maximum absolute atomic E-state index is 11.3. The molecule has 1 aliphatic rings. The summed E-state index contributed by atoms with van der Waals surface area (Å²) in [5, 5.41) is 12.2. The molecule has 0 unspecified atom stereocenters. The van der Waals surface area contributed by atoms with E-state index in [1.165, 1.54) is 37.6 Å². The van der Waals surface area contributed by atoms with E-state index in [-0.39, 0.29) is 0 Å². The standard InChI is InChI=1S/C24H29N5O2/c30-23(27-31)11-9-20-8-10-22-21(18-20)26-24(25-13-12-19-6-2-1-3-7-19)29(22)17-16-28-14-4-5-15-28/h1-3,6-11,18,31H,4-5,12-17H2,(H,25,26)(H,27,30)/b11-9+. The van der Waals surface area contributed by atoms with E-state index < -0.39 is 5.91 Å². The molecule has 3 aromatic rings. The molecule has 7 heteroatoms. The second kappa shape index (κ2) is 10.2. The Balaban J connectivity index is 1.53. The molecule has 7 nitrogen and oxygen atoms in total. The van der Waals surface area contributed by atoms with Gasteiger partial charge in [-0.1, -0.05) is 36.4 Å². The van der Waals surface area contributed by atoms with Gasteiger partial charge in [0, 0.05) is 25.7 Å². The Kier molecular flexibility index (Phi) is 6.96. The second-order valence-corrected chi connectivity index (χ2v) is 7.86. The molecular weight excluding hydrogens is 390 g/mol. The van der Waals surface area contributed by atoms with Crippen LogP contribution in [0.15, 0.2) is 54.6 Å². The van der Waals surface area contributed by atoms with Gasteiger partial charge in [0.1, 0.15) is 0 Å². The number of hydroxylamine groups is 1. The van der Waals surface area contributed by atoms with Crippen LogP contribution in [0.2, 0.25) is 0 Å². The third kappa shape index (κ3) is 5.51. The van der Waals surface area contributed by atoms with Crippen LogP contribution in [0.5, 0.6) is 0 Å². The average Bonchev–Trinajstić information content (AvgIpc) is 3.44. The fourth-order valence-corrected chi connectivity index (χ4v) is 4.03. The van der Waals surface area contributed by atoms with Crippen molar-refractivity contribution in [3.8, 4) is 0 Å². The Bertz CT molecular complexity index is 1040. The minimum absolute atomic E-state index is 0.556. The molecule has 1 saturated heterocycles. The van der Waals surface area contributed by atoms with Gasteiger partial charge in [0.25, 0.3) is 5.91 Å². The van der Waals surface area contributed by atoms with Crippen molar-refractivity contribution in [3.63, 3.8) is 0 Å². The lowest BCUT2D eigenvalue weighted by Gasteiger charge is -2.17. The molecule has 2 aromatic carbocycles. The third-order valence-corrected chi connectivity index (χ3v) is 5.69. The van der Waals surface area contributed by atoms with Gasteiger partial charge >= 0.3 is 0 Å². The zero-order valence-electron chi connectivity index (χ0n) is 17.6. The molecule has 0 atom stereocenters. The van der Waals surface area contributed by atoms with Crippen molar-refractivity contribution in [3.05, 3.63) is 65.7 Å². The normalized spacial score (nSPS) is 14.5. The molecular formula is C24H29N5O2. The van der Waals surface area contributed by atoms with Gasteiger partial charge in [-0.05, 0) is 61.7 Å². The summed E-state index contributed by atoms with van der Waals surface area (Å²) >= 11 is 0. The number of anilines is 1. The maximum Gasteiger partial charge on any atom is 0.267 e. The van der Waals surface area contributed by atoms with Gasteiger partial charge in [0.2, 0.25) is 5.95 Å². The van der Waals surface area contributed by atoms with Crippen molar-refractivity contribution in [2.75, 3.05) is 31.5 Å². The summed E-state index contributed by atoms with van der Waals surface area (Å²) in [4.78, 5) is 18.6. The maximum atomic E-state index is 11.3. The number of imidazole rings is 1. The van der Waals surface area contributed by atoms with Crippen LogP contribution < -0.4 is 10.8 Å². The first-order valence-electron chi connectivity index (χ1n) is 10.9. The Hall–Kier alpha value is -3.16. The first kappa shape index (κ1) is 21.1. The monoisotopic (exact) mass is 419 g/mol. The van der Waals surface area contributed by atoms with E-state index in [0.717, 1.165) is 48.6 Å². The highest BCUT2D eigenvalue weighted by molar-refractivity contribution is 5.91. The van der Waals surface area contributed by atoms with Crippen molar-refractivity contribution < 1.29 is 10.0 Å². The second-order valence-electron chi connectivity index (χ2n) is 7.86. The summed E-state index contributed by atoms with van der Waals surface area (Å²) in [7, 11) is 0. The number of rotatable bonds is 9. The van der Waals surface area contributed by atoms with Crippen molar-refractivity contribution in [1.29, 1.82) is 0 Å². The number of nitrogens with one attached hydrogen (secondary N) is 2. The van der Waals surface area contributed by atoms with Crippen LogP contribution in [0.4, 0.5) is 5.95 Å². The van der Waals surface area contributed by atoms with Gasteiger partial charge in [-0.25, -0.2) is 10.5 Å². The zero-order chi connectivity index (χ0) is 21.5. The van der Waals surface area contributed by atoms with Crippen LogP contribution in [-0.4, -0.2) is 51.7 Å². The lowest BCUT2D eigenvalue weighted by atomic mass is 10.1. The number of amides is 1. The lowest BCUT2D eigenvalue weighted by Crippen LogP contribution is -2.24. The minimum Gasteiger partial charge on any atom is -0.355 e. The molecule has 0 spiro atoms. The van der Waals surface area contributed by atoms with E-state index in [2.05, 4.69) is 39.0 Å². The van der Waals surface area contributed by atoms with Crippen molar-refractivity contribution in [2.45, 2.75) is 25.8 Å². The average molecular weight is 420 g/mol. The van der Waals surface area contributed by atoms with E-state index >= 15 is 0 Å². The number of hydrogen-bond acceptors (Lipinski definition) is 5. The first-order chi connectivity index (χ1) is 15.2. The molecule has 4 rings (SSSR count). The summed E-state index contributed by atoms with van der Waals surface area (Å²) < 4.78 is 2.26. The van der Waals surface area contributed by atoms with Crippen LogP contribution in [-0.2, 0) is 17.8 Å². The number of hydrogen-bond donors (Lipinski definition) is 3. The summed E-state index contributed by atoms with van der Waals surface area (Å²) in [5.41, 5.74) is 5.72. The van der Waals surface area contributed by atoms with E-state index in [1.807, 2.05) is 24.3 Å². The van der Waals surface area contributed by atoms with E-state index in [4.69, 9.17) is 10.2 Å². The number of nitrogens with zero attached hydrogens (tertiary/aromatic N) is 3. The number of aromatic nitrogens is 2. The molecule has 0 bridgehead atoms. The molecule has 3 N–H and O–H groups in total. The van der Waals surface area contributed by atoms with Crippen LogP contribution in [0.25, 0.3) is 17.1 Å². The first-order valence-corrected chi connectivity index (χ1v) is 10.9. The molecule has 1 aliphatic heterocycles. The van der Waals surface area contributed by atoms with E-state index in [9.17, 15) is 4.79 Å². The Morgan fingerprint density at radius 3 is 2.68 bits per heavy atom. The molecule has 2 heterocycles. The van der Waals surface area contributed by atoms with Gasteiger partial charge in [-0.15, -0.1) is 0 Å². The van der Waals surface area contributed by atoms with Crippen LogP contribution in [0.3, 0.4) is 0 Å². The molecule has 31 heavy (non-hydrogen) atoms. The Morgan fingerprint density at radius 1 is 1.10 bits per heavy atom. The summed E-state index contributed by atoms with van der Waals surface area (Å²) in [6.07, 6.45) is 6.45. The number of carbonyl (C=O) groups excluding carboxylic acids is 1. The summed E-state index contributed by atoms with van der Waals surface area (Å²) in [5.74, 6) is 0.318. The molecule has 0 radical (unpaired) electrons. The molecule has 162 valence electrons. The predicted molar refractivity (Wildman–Crippen MR) is 123 cm³/mol. The molecule has 0 saturated carbocycles. The lowest BCUT2D eigenvalue weighted by molar-refractivity contribution is -0.124. The fourth-order valence-electron chi connectivity index (χ4n) is 4.03. The molecule has 1 aromatic heterocycles. The Labute approximate surface area is 182 Å². The van der Waals surface area contributed by atoms with Crippen molar-refractivity contribution >= 4 is 29.0 Å². The number of carbonyl (C=O) groups is 1. The quantitative estimate of drug-likeness (QED) is 0.282. The fraction of sp³-hybridized carbons (Fsp3) is 0.333. The largest absolute Gasteiger partial charge is 0.355 e. The van der Waals surface area contributed by atoms with Crippen LogP contribution >= 0.6 is 0 Å². The predicted octanol–water partition coefficient (Wildman–Crippen LogP) is 3.31. The molecule has 1 amide bonds. The van der Waals surface area contributed by atoms with Gasteiger partial charge in [0.05, 0.1) is 11.0 Å². The van der Waals surface area contributed by atoms with E-state index in [0.29, 0.717) is 0 Å². The number of fused-ring (bicyclic) bond motifs is 1. The summed E-state index contributed by atoms with van der Waals surface area (Å²) in [6.45, 7) is 5.04. The van der Waals surface area contributed by atoms with Crippen LogP contribution in [0, 0.1) is 0 Å². The molecule has 1 fully saturated rings. The van der Waals surface area contributed by atoms with E-state index in [1.54, 1.807) is 11.6 Å². The van der Waals surface area contributed by atoms with Gasteiger partial charge in [-0.3, -0.25) is 10.0 Å².